The summed E-state index contributed by atoms with van der Waals surface area (Å²) in [5.74, 6) is 4.26. The minimum Gasteiger partial charge on any atom is -0.271 e. The minimum absolute atomic E-state index is 0.425. The van der Waals surface area contributed by atoms with Gasteiger partial charge in [0, 0.05) is 17.5 Å². The van der Waals surface area contributed by atoms with Crippen molar-refractivity contribution in [2.75, 3.05) is 0 Å². The first kappa shape index (κ1) is 13.6. The van der Waals surface area contributed by atoms with E-state index in [0.717, 1.165) is 23.0 Å². The molecule has 1 unspecified atom stereocenters. The van der Waals surface area contributed by atoms with E-state index in [9.17, 15) is 8.78 Å². The van der Waals surface area contributed by atoms with E-state index >= 15 is 0 Å². The van der Waals surface area contributed by atoms with Crippen LogP contribution in [0.2, 0.25) is 0 Å². The predicted octanol–water partition coefficient (Wildman–Crippen LogP) is 2.53. The minimum atomic E-state index is -0.632. The Morgan fingerprint density at radius 2 is 1.74 bits per heavy atom. The van der Waals surface area contributed by atoms with Gasteiger partial charge in [-0.1, -0.05) is 6.07 Å². The number of halogens is 2. The monoisotopic (exact) mass is 263 g/mol. The maximum atomic E-state index is 13.3. The molecule has 0 saturated carbocycles. The average molecular weight is 263 g/mol. The fourth-order valence-corrected chi connectivity index (χ4v) is 2.11. The van der Waals surface area contributed by atoms with E-state index in [1.165, 1.54) is 12.1 Å². The maximum Gasteiger partial charge on any atom is 0.126 e. The lowest BCUT2D eigenvalue weighted by Gasteiger charge is -2.19. The van der Waals surface area contributed by atoms with E-state index in [2.05, 4.69) is 10.4 Å². The van der Waals surface area contributed by atoms with Crippen LogP contribution >= 0.6 is 0 Å². The number of nitrogens with two attached hydrogens (primary N) is 1. The molecule has 3 N–H and O–H groups in total. The van der Waals surface area contributed by atoms with Gasteiger partial charge in [0.05, 0.1) is 6.04 Å². The quantitative estimate of drug-likeness (QED) is 0.661. The third kappa shape index (κ3) is 2.94. The summed E-state index contributed by atoms with van der Waals surface area (Å²) in [4.78, 5) is 4.33. The Hall–Kier alpha value is -1.85. The summed E-state index contributed by atoms with van der Waals surface area (Å²) >= 11 is 0. The molecule has 2 aromatic rings. The van der Waals surface area contributed by atoms with Crippen LogP contribution in [0.3, 0.4) is 0 Å². The highest BCUT2D eigenvalue weighted by atomic mass is 19.1. The van der Waals surface area contributed by atoms with Gasteiger partial charge in [-0.2, -0.15) is 0 Å². The van der Waals surface area contributed by atoms with E-state index in [4.69, 9.17) is 5.84 Å². The van der Waals surface area contributed by atoms with Gasteiger partial charge in [-0.05, 0) is 43.2 Å². The van der Waals surface area contributed by atoms with Crippen LogP contribution in [0.5, 0.6) is 0 Å². The number of nitrogens with one attached hydrogen (secondary N) is 1. The van der Waals surface area contributed by atoms with Crippen molar-refractivity contribution in [3.63, 3.8) is 0 Å². The average Bonchev–Trinajstić information content (AvgIpc) is 2.31. The maximum absolute atomic E-state index is 13.3. The molecule has 5 heteroatoms. The summed E-state index contributed by atoms with van der Waals surface area (Å²) in [6.07, 6.45) is 0. The molecule has 3 nitrogen and oxygen atoms in total. The van der Waals surface area contributed by atoms with Gasteiger partial charge < -0.3 is 0 Å². The van der Waals surface area contributed by atoms with Crippen molar-refractivity contribution in [2.45, 2.75) is 19.9 Å². The number of rotatable bonds is 3. The topological polar surface area (TPSA) is 50.9 Å². The zero-order valence-corrected chi connectivity index (χ0v) is 10.7. The van der Waals surface area contributed by atoms with Crippen LogP contribution in [-0.4, -0.2) is 4.98 Å². The standard InChI is InChI=1S/C14H15F2N3/c1-8-3-4-13(9(2)18-8)14(19-17)10-5-11(15)7-12(16)6-10/h3-7,14,19H,17H2,1-2H3. The van der Waals surface area contributed by atoms with E-state index in [1.54, 1.807) is 0 Å². The first-order chi connectivity index (χ1) is 9.01. The van der Waals surface area contributed by atoms with Gasteiger partial charge in [-0.15, -0.1) is 0 Å². The van der Waals surface area contributed by atoms with Crippen molar-refractivity contribution in [1.82, 2.24) is 10.4 Å². The third-order valence-corrected chi connectivity index (χ3v) is 2.96. The molecular weight excluding hydrogens is 248 g/mol. The molecule has 2 rings (SSSR count). The largest absolute Gasteiger partial charge is 0.271 e. The fraction of sp³-hybridized carbons (Fsp3) is 0.214. The molecule has 19 heavy (non-hydrogen) atoms. The molecule has 0 bridgehead atoms. The number of nitrogens with zero attached hydrogens (tertiary/aromatic N) is 1. The van der Waals surface area contributed by atoms with Gasteiger partial charge in [-0.25, -0.2) is 14.2 Å². The first-order valence-electron chi connectivity index (χ1n) is 5.87. The van der Waals surface area contributed by atoms with Gasteiger partial charge in [0.2, 0.25) is 0 Å². The van der Waals surface area contributed by atoms with Crippen molar-refractivity contribution in [2.24, 2.45) is 5.84 Å². The Morgan fingerprint density at radius 3 is 2.26 bits per heavy atom. The normalized spacial score (nSPS) is 12.5. The molecule has 0 radical (unpaired) electrons. The summed E-state index contributed by atoms with van der Waals surface area (Å²) in [7, 11) is 0. The molecule has 1 heterocycles. The number of hydrogen-bond acceptors (Lipinski definition) is 3. The Labute approximate surface area is 110 Å². The van der Waals surface area contributed by atoms with E-state index in [0.29, 0.717) is 5.56 Å². The van der Waals surface area contributed by atoms with Crippen LogP contribution in [0.15, 0.2) is 30.3 Å². The smallest absolute Gasteiger partial charge is 0.126 e. The lowest BCUT2D eigenvalue weighted by Crippen LogP contribution is -2.29. The lowest BCUT2D eigenvalue weighted by molar-refractivity contribution is 0.565. The number of hydrogen-bond donors (Lipinski definition) is 2. The number of aryl methyl sites for hydroxylation is 2. The summed E-state index contributed by atoms with van der Waals surface area (Å²) in [6.45, 7) is 3.71. The van der Waals surface area contributed by atoms with Crippen LogP contribution in [0.1, 0.15) is 28.6 Å². The zero-order valence-electron chi connectivity index (χ0n) is 10.7. The second-order valence-electron chi connectivity index (χ2n) is 4.43. The van der Waals surface area contributed by atoms with Gasteiger partial charge in [0.15, 0.2) is 0 Å². The lowest BCUT2D eigenvalue weighted by atomic mass is 9.97. The number of pyridine rings is 1. The number of benzene rings is 1. The van der Waals surface area contributed by atoms with Gasteiger partial charge in [0.1, 0.15) is 11.6 Å². The Balaban J connectivity index is 2.49. The van der Waals surface area contributed by atoms with E-state index in [1.807, 2.05) is 26.0 Å². The van der Waals surface area contributed by atoms with Crippen LogP contribution in [0.25, 0.3) is 0 Å². The zero-order chi connectivity index (χ0) is 14.0. The Morgan fingerprint density at radius 1 is 1.11 bits per heavy atom. The SMILES string of the molecule is Cc1ccc(C(NN)c2cc(F)cc(F)c2)c(C)n1. The highest BCUT2D eigenvalue weighted by molar-refractivity contribution is 5.35. The van der Waals surface area contributed by atoms with Crippen molar-refractivity contribution in [3.8, 4) is 0 Å². The molecule has 1 aromatic heterocycles. The third-order valence-electron chi connectivity index (χ3n) is 2.96. The first-order valence-corrected chi connectivity index (χ1v) is 5.87. The highest BCUT2D eigenvalue weighted by Gasteiger charge is 2.17. The van der Waals surface area contributed by atoms with E-state index in [-0.39, 0.29) is 0 Å². The van der Waals surface area contributed by atoms with Crippen LogP contribution < -0.4 is 11.3 Å². The molecule has 0 fully saturated rings. The molecule has 0 saturated heterocycles. The van der Waals surface area contributed by atoms with E-state index < -0.39 is 17.7 Å². The second-order valence-corrected chi connectivity index (χ2v) is 4.43. The summed E-state index contributed by atoms with van der Waals surface area (Å²) in [5.41, 5.74) is 5.44. The van der Waals surface area contributed by atoms with Gasteiger partial charge in [0.25, 0.3) is 0 Å². The van der Waals surface area contributed by atoms with Gasteiger partial charge in [-0.3, -0.25) is 10.8 Å². The number of aromatic nitrogens is 1. The van der Waals surface area contributed by atoms with Crippen molar-refractivity contribution < 1.29 is 8.78 Å². The predicted molar refractivity (Wildman–Crippen MR) is 69.2 cm³/mol. The summed E-state index contributed by atoms with van der Waals surface area (Å²) < 4.78 is 26.6. The molecule has 1 aromatic carbocycles. The second kappa shape index (κ2) is 5.42. The molecule has 0 spiro atoms. The fourth-order valence-electron chi connectivity index (χ4n) is 2.11. The Kier molecular flexibility index (Phi) is 3.87. The highest BCUT2D eigenvalue weighted by Crippen LogP contribution is 2.25. The Bertz CT molecular complexity index is 579. The van der Waals surface area contributed by atoms with Crippen LogP contribution in [-0.2, 0) is 0 Å². The molecule has 0 aliphatic carbocycles. The van der Waals surface area contributed by atoms with Crippen LogP contribution in [0, 0.1) is 25.5 Å². The molecule has 1 atom stereocenters. The summed E-state index contributed by atoms with van der Waals surface area (Å²) in [6, 6.07) is 6.53. The molecule has 100 valence electrons. The van der Waals surface area contributed by atoms with Crippen molar-refractivity contribution in [1.29, 1.82) is 0 Å². The molecular formula is C14H15F2N3. The van der Waals surface area contributed by atoms with Crippen molar-refractivity contribution in [3.05, 3.63) is 64.5 Å². The summed E-state index contributed by atoms with van der Waals surface area (Å²) in [5, 5.41) is 0. The van der Waals surface area contributed by atoms with Crippen LogP contribution in [0.4, 0.5) is 8.78 Å². The molecule has 0 aliphatic rings. The van der Waals surface area contributed by atoms with Gasteiger partial charge >= 0.3 is 0 Å². The molecule has 0 aliphatic heterocycles. The number of hydrazine groups is 1. The molecule has 0 amide bonds. The van der Waals surface area contributed by atoms with Crippen molar-refractivity contribution >= 4 is 0 Å².